The van der Waals surface area contributed by atoms with Gasteiger partial charge in [-0.3, -0.25) is 4.79 Å². The molecule has 130 valence electrons. The van der Waals surface area contributed by atoms with Gasteiger partial charge in [-0.05, 0) is 41.8 Å². The number of rotatable bonds is 5. The van der Waals surface area contributed by atoms with Crippen molar-refractivity contribution < 1.29 is 9.18 Å². The number of hydrogen-bond acceptors (Lipinski definition) is 1. The lowest BCUT2D eigenvalue weighted by molar-refractivity contribution is -0.116. The summed E-state index contributed by atoms with van der Waals surface area (Å²) < 4.78 is 13.1. The van der Waals surface area contributed by atoms with Gasteiger partial charge in [0, 0.05) is 5.57 Å². The highest BCUT2D eigenvalue weighted by atomic mass is 19.1. The summed E-state index contributed by atoms with van der Waals surface area (Å²) in [5.41, 5.74) is 3.24. The fourth-order valence-corrected chi connectivity index (χ4v) is 2.72. The van der Waals surface area contributed by atoms with Crippen LogP contribution in [0.5, 0.6) is 0 Å². The van der Waals surface area contributed by atoms with Crippen molar-refractivity contribution in [1.82, 2.24) is 5.32 Å². The van der Waals surface area contributed by atoms with Gasteiger partial charge in [-0.2, -0.15) is 0 Å². The second kappa shape index (κ2) is 8.26. The van der Waals surface area contributed by atoms with Crippen molar-refractivity contribution in [2.75, 3.05) is 0 Å². The molecule has 0 heterocycles. The van der Waals surface area contributed by atoms with E-state index in [4.69, 9.17) is 0 Å². The predicted octanol–water partition coefficient (Wildman–Crippen LogP) is 5.24. The van der Waals surface area contributed by atoms with Crippen LogP contribution in [0.15, 0.2) is 84.9 Å². The minimum Gasteiger partial charge on any atom is -0.345 e. The van der Waals surface area contributed by atoms with Crippen molar-refractivity contribution in [1.29, 1.82) is 0 Å². The smallest absolute Gasteiger partial charge is 0.252 e. The van der Waals surface area contributed by atoms with Crippen LogP contribution >= 0.6 is 0 Å². The van der Waals surface area contributed by atoms with Gasteiger partial charge in [0.1, 0.15) is 5.82 Å². The lowest BCUT2D eigenvalue weighted by atomic mass is 10.0. The van der Waals surface area contributed by atoms with E-state index in [2.05, 4.69) is 5.32 Å². The van der Waals surface area contributed by atoms with Crippen LogP contribution in [-0.4, -0.2) is 5.91 Å². The Balaban J connectivity index is 1.88. The Morgan fingerprint density at radius 2 is 1.46 bits per heavy atom. The maximum Gasteiger partial charge on any atom is 0.252 e. The number of carbonyl (C=O) groups is 1. The third-order valence-corrected chi connectivity index (χ3v) is 4.16. The van der Waals surface area contributed by atoms with E-state index < -0.39 is 0 Å². The van der Waals surface area contributed by atoms with Gasteiger partial charge in [0.15, 0.2) is 0 Å². The lowest BCUT2D eigenvalue weighted by Gasteiger charge is -2.16. The molecule has 0 aliphatic heterocycles. The molecule has 0 radical (unpaired) electrons. The summed E-state index contributed by atoms with van der Waals surface area (Å²) in [5, 5.41) is 3.00. The Hall–Kier alpha value is -3.20. The van der Waals surface area contributed by atoms with E-state index in [9.17, 15) is 9.18 Å². The molecule has 0 unspecified atom stereocenters. The van der Waals surface area contributed by atoms with Gasteiger partial charge in [-0.25, -0.2) is 4.39 Å². The summed E-state index contributed by atoms with van der Waals surface area (Å²) in [6, 6.07) is 25.2. The van der Waals surface area contributed by atoms with Gasteiger partial charge in [0.2, 0.25) is 0 Å². The summed E-state index contributed by atoms with van der Waals surface area (Å²) >= 11 is 0. The first-order valence-electron chi connectivity index (χ1n) is 8.52. The van der Waals surface area contributed by atoms with Crippen LogP contribution < -0.4 is 5.32 Å². The Morgan fingerprint density at radius 1 is 0.885 bits per heavy atom. The highest BCUT2D eigenvalue weighted by Crippen LogP contribution is 2.21. The van der Waals surface area contributed by atoms with E-state index in [0.717, 1.165) is 16.7 Å². The first-order valence-corrected chi connectivity index (χ1v) is 8.52. The highest BCUT2D eigenvalue weighted by molar-refractivity contribution is 6.24. The molecule has 0 spiro atoms. The van der Waals surface area contributed by atoms with Crippen LogP contribution in [0.4, 0.5) is 4.39 Å². The molecule has 0 fully saturated rings. The molecule has 0 bridgehead atoms. The number of carbonyl (C=O) groups excluding carboxylic acids is 1. The minimum atomic E-state index is -0.291. The van der Waals surface area contributed by atoms with Crippen LogP contribution in [0.2, 0.25) is 0 Å². The van der Waals surface area contributed by atoms with Crippen LogP contribution in [0.3, 0.4) is 0 Å². The quantitative estimate of drug-likeness (QED) is 0.497. The zero-order valence-corrected chi connectivity index (χ0v) is 14.5. The van der Waals surface area contributed by atoms with E-state index in [1.807, 2.05) is 73.7 Å². The number of benzene rings is 3. The molecule has 3 aromatic carbocycles. The van der Waals surface area contributed by atoms with Crippen LogP contribution in [0, 0.1) is 5.82 Å². The third kappa shape index (κ3) is 4.45. The molecule has 0 saturated heterocycles. The minimum absolute atomic E-state index is 0.170. The van der Waals surface area contributed by atoms with E-state index in [0.29, 0.717) is 5.57 Å². The molecule has 26 heavy (non-hydrogen) atoms. The van der Waals surface area contributed by atoms with Crippen LogP contribution in [-0.2, 0) is 4.79 Å². The Labute approximate surface area is 153 Å². The third-order valence-electron chi connectivity index (χ3n) is 4.16. The molecule has 0 saturated carbocycles. The normalized spacial score (nSPS) is 12.5. The highest BCUT2D eigenvalue weighted by Gasteiger charge is 2.15. The number of hydrogen-bond donors (Lipinski definition) is 1. The van der Waals surface area contributed by atoms with Crippen molar-refractivity contribution in [3.63, 3.8) is 0 Å². The summed E-state index contributed by atoms with van der Waals surface area (Å²) in [7, 11) is 0. The van der Waals surface area contributed by atoms with Crippen LogP contribution in [0.25, 0.3) is 11.6 Å². The molecule has 2 nitrogen and oxygen atoms in total. The van der Waals surface area contributed by atoms with Gasteiger partial charge in [0.25, 0.3) is 5.91 Å². The molecule has 1 atom stereocenters. The van der Waals surface area contributed by atoms with Gasteiger partial charge < -0.3 is 5.32 Å². The standard InChI is InChI=1S/C23H20FNO/c1-17(19-12-14-21(24)15-13-19)25-23(26)22(20-10-6-3-7-11-20)16-18-8-4-2-5-9-18/h2-17H,1H3,(H,25,26)/b22-16+/t17-/m1/s1. The molecule has 0 aromatic heterocycles. The Bertz CT molecular complexity index is 887. The zero-order valence-electron chi connectivity index (χ0n) is 14.5. The molecule has 3 aromatic rings. The fraction of sp³-hybridized carbons (Fsp3) is 0.0870. The van der Waals surface area contributed by atoms with Gasteiger partial charge in [-0.1, -0.05) is 72.8 Å². The average Bonchev–Trinajstić information content (AvgIpc) is 2.68. The Kier molecular flexibility index (Phi) is 5.59. The van der Waals surface area contributed by atoms with Gasteiger partial charge in [-0.15, -0.1) is 0 Å². The van der Waals surface area contributed by atoms with Crippen molar-refractivity contribution in [3.05, 3.63) is 107 Å². The molecular weight excluding hydrogens is 325 g/mol. The Morgan fingerprint density at radius 3 is 2.08 bits per heavy atom. The second-order valence-corrected chi connectivity index (χ2v) is 6.08. The van der Waals surface area contributed by atoms with E-state index in [1.54, 1.807) is 12.1 Å². The van der Waals surface area contributed by atoms with E-state index in [-0.39, 0.29) is 17.8 Å². The molecule has 3 rings (SSSR count). The van der Waals surface area contributed by atoms with E-state index >= 15 is 0 Å². The summed E-state index contributed by atoms with van der Waals surface area (Å²) in [4.78, 5) is 12.9. The predicted molar refractivity (Wildman–Crippen MR) is 104 cm³/mol. The lowest BCUT2D eigenvalue weighted by Crippen LogP contribution is -2.27. The van der Waals surface area contributed by atoms with Gasteiger partial charge >= 0.3 is 0 Å². The zero-order chi connectivity index (χ0) is 18.4. The van der Waals surface area contributed by atoms with Crippen molar-refractivity contribution in [2.24, 2.45) is 0 Å². The van der Waals surface area contributed by atoms with Crippen LogP contribution in [0.1, 0.15) is 29.7 Å². The van der Waals surface area contributed by atoms with Gasteiger partial charge in [0.05, 0.1) is 6.04 Å². The first kappa shape index (κ1) is 17.6. The fourth-order valence-electron chi connectivity index (χ4n) is 2.72. The maximum atomic E-state index is 13.1. The molecule has 1 amide bonds. The molecule has 1 N–H and O–H groups in total. The SMILES string of the molecule is C[C@@H](NC(=O)/C(=C/c1ccccc1)c1ccccc1)c1ccc(F)cc1. The molecular formula is C23H20FNO. The van der Waals surface area contributed by atoms with Crippen molar-refractivity contribution in [2.45, 2.75) is 13.0 Å². The molecule has 3 heteroatoms. The second-order valence-electron chi connectivity index (χ2n) is 6.08. The first-order chi connectivity index (χ1) is 12.6. The van der Waals surface area contributed by atoms with Crippen molar-refractivity contribution >= 4 is 17.6 Å². The van der Waals surface area contributed by atoms with Crippen molar-refractivity contribution in [3.8, 4) is 0 Å². The summed E-state index contributed by atoms with van der Waals surface area (Å²) in [6.45, 7) is 1.89. The number of halogens is 1. The molecule has 0 aliphatic carbocycles. The molecule has 0 aliphatic rings. The number of nitrogens with one attached hydrogen (secondary N) is 1. The largest absolute Gasteiger partial charge is 0.345 e. The topological polar surface area (TPSA) is 29.1 Å². The summed E-state index contributed by atoms with van der Waals surface area (Å²) in [6.07, 6.45) is 1.88. The maximum absolute atomic E-state index is 13.1. The summed E-state index contributed by atoms with van der Waals surface area (Å²) in [5.74, 6) is -0.460. The monoisotopic (exact) mass is 345 g/mol. The number of amides is 1. The van der Waals surface area contributed by atoms with E-state index in [1.165, 1.54) is 12.1 Å². The average molecular weight is 345 g/mol.